The van der Waals surface area contributed by atoms with Gasteiger partial charge < -0.3 is 10.2 Å². The first kappa shape index (κ1) is 42.2. The zero-order chi connectivity index (χ0) is 50.0. The lowest BCUT2D eigenvalue weighted by Crippen LogP contribution is -2.39. The topological polar surface area (TPSA) is 40.5 Å². The monoisotopic (exact) mass is 960 g/mol. The van der Waals surface area contributed by atoms with Crippen molar-refractivity contribution < 1.29 is 10.2 Å². The van der Waals surface area contributed by atoms with Crippen molar-refractivity contribution in [1.29, 1.82) is 0 Å². The fraction of sp³-hybridized carbons (Fsp3) is 0.151. The van der Waals surface area contributed by atoms with Gasteiger partial charge in [0.15, 0.2) is 0 Å². The standard InChI is InChI=1S/C73H52O2/c1-39-63-40(2)66-54-24-8-12-30-58(54)73(75)60-32-16-20-44-18-14-26-48(68(44)60)46-34-36-52-51-35-33-45(37-61(51)71(62(52)38-46)55-27-9-5-21-49(55)50-22-6-10-28-56(50)71)47-25-13-17-43-19-15-31-59(67(43)47)72(74)57-29-11-7-23-53(57)65(39)69(72)41(3)64(63)42(4)70(66)73/h5-42,74-75H,1-4H3. The van der Waals surface area contributed by atoms with Crippen LogP contribution in [0.1, 0.15) is 83.3 Å². The van der Waals surface area contributed by atoms with Crippen LogP contribution in [0.4, 0.5) is 0 Å². The molecule has 0 saturated carbocycles. The summed E-state index contributed by atoms with van der Waals surface area (Å²) < 4.78 is 0. The second-order valence-corrected chi connectivity index (χ2v) is 22.7. The molecule has 10 aromatic rings. The summed E-state index contributed by atoms with van der Waals surface area (Å²) in [6.45, 7) is 9.50. The van der Waals surface area contributed by atoms with E-state index < -0.39 is 16.6 Å². The van der Waals surface area contributed by atoms with Crippen LogP contribution in [0.2, 0.25) is 0 Å². The van der Waals surface area contributed by atoms with Gasteiger partial charge in [0.1, 0.15) is 11.2 Å². The molecule has 6 atom stereocenters. The molecule has 17 rings (SSSR count). The van der Waals surface area contributed by atoms with Crippen LogP contribution in [0.5, 0.6) is 0 Å². The molecule has 2 N–H and O–H groups in total. The highest BCUT2D eigenvalue weighted by Crippen LogP contribution is 2.69. The average molecular weight is 961 g/mol. The van der Waals surface area contributed by atoms with E-state index in [9.17, 15) is 10.2 Å². The molecular weight excluding hydrogens is 909 g/mol. The van der Waals surface area contributed by atoms with Crippen LogP contribution in [0, 0.1) is 23.7 Å². The van der Waals surface area contributed by atoms with Crippen LogP contribution in [0.25, 0.3) is 77.2 Å². The zero-order valence-electron chi connectivity index (χ0n) is 42.3. The molecule has 7 aliphatic rings. The molecule has 0 aliphatic heterocycles. The summed E-state index contributed by atoms with van der Waals surface area (Å²) in [6, 6.07) is 76.5. The van der Waals surface area contributed by atoms with Crippen molar-refractivity contribution in [2.75, 3.05) is 0 Å². The van der Waals surface area contributed by atoms with E-state index in [1.807, 2.05) is 0 Å². The van der Waals surface area contributed by atoms with Gasteiger partial charge in [-0.2, -0.15) is 0 Å². The second kappa shape index (κ2) is 14.2. The molecule has 6 unspecified atom stereocenters. The summed E-state index contributed by atoms with van der Waals surface area (Å²) in [5, 5.41) is 33.7. The quantitative estimate of drug-likeness (QED) is 0.149. The van der Waals surface area contributed by atoms with Crippen LogP contribution in [-0.2, 0) is 16.6 Å². The molecule has 2 heteroatoms. The number of hydrogen-bond acceptors (Lipinski definition) is 2. The van der Waals surface area contributed by atoms with E-state index in [2.05, 4.69) is 234 Å². The van der Waals surface area contributed by atoms with Crippen molar-refractivity contribution in [2.24, 2.45) is 23.7 Å². The van der Waals surface area contributed by atoms with Crippen molar-refractivity contribution in [2.45, 2.75) is 44.3 Å². The summed E-state index contributed by atoms with van der Waals surface area (Å²) in [7, 11) is 0. The van der Waals surface area contributed by atoms with Crippen molar-refractivity contribution in [3.05, 3.63) is 284 Å². The minimum atomic E-state index is -1.46. The smallest absolute Gasteiger partial charge is 0.138 e. The summed E-state index contributed by atoms with van der Waals surface area (Å²) >= 11 is 0. The SMILES string of the molecule is CC1C2=C3C(C)C4=C1C(C)C1=C(C4C)C(O)(c4ccccc41)c1cccc4cccc(c14)-c1ccc4c(c1)C1(c5ccccc5-c5ccccc51)c1cc(ccc1-4)-c1cccc4cccc(c14)C3(O)c1ccccc12. The maximum atomic E-state index is 14.7. The fourth-order valence-electron chi connectivity index (χ4n) is 17.3. The first-order valence-corrected chi connectivity index (χ1v) is 27.1. The molecule has 2 nitrogen and oxygen atoms in total. The minimum Gasteiger partial charge on any atom is -0.376 e. The predicted octanol–water partition coefficient (Wildman–Crippen LogP) is 16.6. The maximum Gasteiger partial charge on any atom is 0.138 e. The van der Waals surface area contributed by atoms with Crippen LogP contribution >= 0.6 is 0 Å². The van der Waals surface area contributed by atoms with Gasteiger partial charge in [-0.3, -0.25) is 0 Å². The summed E-state index contributed by atoms with van der Waals surface area (Å²) in [5.74, 6) is -0.295. The molecule has 0 heterocycles. The maximum absolute atomic E-state index is 14.7. The van der Waals surface area contributed by atoms with Crippen LogP contribution in [0.3, 0.4) is 0 Å². The third-order valence-corrected chi connectivity index (χ3v) is 19.8. The number of benzene rings is 10. The Morgan fingerprint density at radius 2 is 0.627 bits per heavy atom. The Morgan fingerprint density at radius 1 is 0.293 bits per heavy atom. The lowest BCUT2D eigenvalue weighted by atomic mass is 9.58. The first-order chi connectivity index (χ1) is 36.7. The summed E-state index contributed by atoms with van der Waals surface area (Å²) in [5.41, 5.74) is 24.4. The fourth-order valence-corrected chi connectivity index (χ4v) is 17.3. The van der Waals surface area contributed by atoms with Gasteiger partial charge in [0.05, 0.1) is 5.41 Å². The second-order valence-electron chi connectivity index (χ2n) is 22.7. The van der Waals surface area contributed by atoms with Crippen molar-refractivity contribution in [1.82, 2.24) is 0 Å². The zero-order valence-corrected chi connectivity index (χ0v) is 42.3. The first-order valence-electron chi connectivity index (χ1n) is 27.1. The van der Waals surface area contributed by atoms with Gasteiger partial charge in [-0.25, -0.2) is 0 Å². The Morgan fingerprint density at radius 3 is 1.07 bits per heavy atom. The lowest BCUT2D eigenvalue weighted by Gasteiger charge is -2.47. The Hall–Kier alpha value is -8.14. The van der Waals surface area contributed by atoms with Gasteiger partial charge in [-0.15, -0.1) is 0 Å². The highest BCUT2D eigenvalue weighted by atomic mass is 16.3. The summed E-state index contributed by atoms with van der Waals surface area (Å²) in [6.07, 6.45) is 0. The van der Waals surface area contributed by atoms with Crippen LogP contribution < -0.4 is 0 Å². The number of allylic oxidation sites excluding steroid dienone is 4. The Balaban J connectivity index is 1.05. The van der Waals surface area contributed by atoms with Gasteiger partial charge in [0.2, 0.25) is 0 Å². The van der Waals surface area contributed by atoms with Crippen LogP contribution in [-0.4, -0.2) is 10.2 Å². The van der Waals surface area contributed by atoms with Gasteiger partial charge in [-0.05, 0) is 145 Å². The Kier molecular flexibility index (Phi) is 7.98. The van der Waals surface area contributed by atoms with Gasteiger partial charge in [0, 0.05) is 34.8 Å². The minimum absolute atomic E-state index is 0.00671. The van der Waals surface area contributed by atoms with E-state index in [4.69, 9.17) is 0 Å². The lowest BCUT2D eigenvalue weighted by molar-refractivity contribution is 0.111. The van der Waals surface area contributed by atoms with E-state index in [-0.39, 0.29) is 23.7 Å². The van der Waals surface area contributed by atoms with E-state index in [1.165, 1.54) is 66.8 Å². The molecule has 75 heavy (non-hydrogen) atoms. The van der Waals surface area contributed by atoms with E-state index in [1.54, 1.807) is 0 Å². The van der Waals surface area contributed by atoms with E-state index >= 15 is 0 Å². The molecule has 0 fully saturated rings. The number of rotatable bonds is 0. The van der Waals surface area contributed by atoms with Crippen molar-refractivity contribution in [3.63, 3.8) is 0 Å². The van der Waals surface area contributed by atoms with E-state index in [0.717, 1.165) is 88.3 Å². The summed E-state index contributed by atoms with van der Waals surface area (Å²) in [4.78, 5) is 0. The Bertz CT molecular complexity index is 4130. The molecular formula is C73H52O2. The third kappa shape index (κ3) is 4.75. The Labute approximate surface area is 437 Å². The van der Waals surface area contributed by atoms with Crippen LogP contribution in [0.15, 0.2) is 229 Å². The van der Waals surface area contributed by atoms with Gasteiger partial charge in [0.25, 0.3) is 0 Å². The average Bonchev–Trinajstić information content (AvgIpc) is 4.19. The number of fused-ring (bicyclic) bond motifs is 16. The highest BCUT2D eigenvalue weighted by molar-refractivity contribution is 6.06. The largest absolute Gasteiger partial charge is 0.376 e. The highest BCUT2D eigenvalue weighted by Gasteiger charge is 2.59. The molecule has 7 aliphatic carbocycles. The molecule has 0 radical (unpaired) electrons. The number of aliphatic hydroxyl groups is 2. The van der Waals surface area contributed by atoms with Gasteiger partial charge in [-0.1, -0.05) is 233 Å². The molecule has 10 aromatic carbocycles. The van der Waals surface area contributed by atoms with Crippen molar-refractivity contribution >= 4 is 32.7 Å². The molecule has 0 amide bonds. The predicted molar refractivity (Wildman–Crippen MR) is 305 cm³/mol. The van der Waals surface area contributed by atoms with Crippen molar-refractivity contribution in [3.8, 4) is 44.5 Å². The molecule has 1 spiro atoms. The molecule has 356 valence electrons. The number of hydrogen-bond donors (Lipinski definition) is 2. The molecule has 7 bridgehead atoms. The normalized spacial score (nSPS) is 24.2. The third-order valence-electron chi connectivity index (χ3n) is 19.8. The molecule has 0 saturated heterocycles. The van der Waals surface area contributed by atoms with Gasteiger partial charge >= 0.3 is 0 Å². The van der Waals surface area contributed by atoms with E-state index in [0.29, 0.717) is 0 Å². The molecule has 0 aromatic heterocycles.